The molecule has 0 bridgehead atoms. The summed E-state index contributed by atoms with van der Waals surface area (Å²) in [7, 11) is 1.62. The van der Waals surface area contributed by atoms with Crippen LogP contribution in [0.25, 0.3) is 11.1 Å². The van der Waals surface area contributed by atoms with Gasteiger partial charge in [-0.2, -0.15) is 0 Å². The Labute approximate surface area is 136 Å². The zero-order chi connectivity index (χ0) is 16.2. The van der Waals surface area contributed by atoms with Crippen LogP contribution < -0.4 is 10.1 Å². The Hall–Kier alpha value is -2.36. The van der Waals surface area contributed by atoms with Gasteiger partial charge in [-0.25, -0.2) is 4.98 Å². The highest BCUT2D eigenvalue weighted by atomic mass is 16.5. The molecule has 1 fully saturated rings. The van der Waals surface area contributed by atoms with Crippen molar-refractivity contribution in [2.24, 2.45) is 5.92 Å². The first-order valence-electron chi connectivity index (χ1n) is 8.05. The molecule has 0 aliphatic heterocycles. The normalized spacial score (nSPS) is 15.0. The number of pyridine rings is 1. The fourth-order valence-electron chi connectivity index (χ4n) is 2.64. The summed E-state index contributed by atoms with van der Waals surface area (Å²) in [5.74, 6) is 1.09. The highest BCUT2D eigenvalue weighted by Gasteiger charge is 2.30. The molecule has 0 spiro atoms. The molecule has 4 nitrogen and oxygen atoms in total. The number of nitrogens with one attached hydrogen (secondary N) is 1. The molecule has 0 radical (unpaired) electrons. The van der Waals surface area contributed by atoms with Crippen molar-refractivity contribution in [3.8, 4) is 17.0 Å². The third-order valence-corrected chi connectivity index (χ3v) is 4.11. The van der Waals surface area contributed by atoms with E-state index in [4.69, 9.17) is 4.74 Å². The lowest BCUT2D eigenvalue weighted by Crippen LogP contribution is -2.35. The number of carbonyl (C=O) groups excluding carboxylic acids is 1. The maximum absolute atomic E-state index is 11.8. The molecule has 3 rings (SSSR count). The average Bonchev–Trinajstić information content (AvgIpc) is 3.40. The fourth-order valence-corrected chi connectivity index (χ4v) is 2.64. The number of benzene rings is 1. The van der Waals surface area contributed by atoms with Gasteiger partial charge in [0.15, 0.2) is 0 Å². The molecule has 23 heavy (non-hydrogen) atoms. The second-order valence-electron chi connectivity index (χ2n) is 6.17. The summed E-state index contributed by atoms with van der Waals surface area (Å²) in [5, 5.41) is 3.09. The van der Waals surface area contributed by atoms with Crippen molar-refractivity contribution >= 4 is 5.91 Å². The zero-order valence-corrected chi connectivity index (χ0v) is 13.6. The molecular formula is C19H22N2O2. The van der Waals surface area contributed by atoms with Gasteiger partial charge in [0.1, 0.15) is 0 Å². The maximum atomic E-state index is 11.8. The number of carbonyl (C=O) groups is 1. The van der Waals surface area contributed by atoms with Gasteiger partial charge in [-0.05, 0) is 48.9 Å². The molecule has 2 aromatic rings. The third-order valence-electron chi connectivity index (χ3n) is 4.11. The first kappa shape index (κ1) is 15.5. The van der Waals surface area contributed by atoms with E-state index in [1.165, 1.54) is 5.56 Å². The van der Waals surface area contributed by atoms with Crippen LogP contribution in [0, 0.1) is 5.92 Å². The lowest BCUT2D eigenvalue weighted by molar-refractivity contribution is -0.122. The van der Waals surface area contributed by atoms with Gasteiger partial charge in [0.25, 0.3) is 0 Å². The molecule has 1 saturated carbocycles. The molecule has 4 heteroatoms. The van der Waals surface area contributed by atoms with Crippen molar-refractivity contribution in [3.63, 3.8) is 0 Å². The summed E-state index contributed by atoms with van der Waals surface area (Å²) < 4.78 is 5.16. The molecule has 1 aliphatic carbocycles. The van der Waals surface area contributed by atoms with Crippen LogP contribution in [-0.2, 0) is 11.2 Å². The third kappa shape index (κ3) is 4.09. The van der Waals surface area contributed by atoms with Gasteiger partial charge < -0.3 is 10.1 Å². The van der Waals surface area contributed by atoms with Crippen molar-refractivity contribution in [3.05, 3.63) is 48.2 Å². The summed E-state index contributed by atoms with van der Waals surface area (Å²) in [6, 6.07) is 12.5. The monoisotopic (exact) mass is 310 g/mol. The first-order valence-corrected chi connectivity index (χ1v) is 8.05. The highest BCUT2D eigenvalue weighted by Crippen LogP contribution is 2.29. The Morgan fingerprint density at radius 1 is 1.26 bits per heavy atom. The Morgan fingerprint density at radius 2 is 2.00 bits per heavy atom. The average molecular weight is 310 g/mol. The van der Waals surface area contributed by atoms with E-state index in [0.29, 0.717) is 5.88 Å². The summed E-state index contributed by atoms with van der Waals surface area (Å²) >= 11 is 0. The van der Waals surface area contributed by atoms with Crippen LogP contribution in [-0.4, -0.2) is 24.0 Å². The van der Waals surface area contributed by atoms with Crippen LogP contribution in [0.15, 0.2) is 42.6 Å². The number of hydrogen-bond acceptors (Lipinski definition) is 3. The number of nitrogens with zero attached hydrogens (tertiary/aromatic N) is 1. The molecule has 1 heterocycles. The summed E-state index contributed by atoms with van der Waals surface area (Å²) in [5.41, 5.74) is 3.43. The second kappa shape index (κ2) is 6.82. The van der Waals surface area contributed by atoms with E-state index in [2.05, 4.69) is 41.5 Å². The number of methoxy groups -OCH3 is 1. The minimum absolute atomic E-state index is 0.162. The minimum atomic E-state index is 0.162. The molecule has 1 unspecified atom stereocenters. The number of ether oxygens (including phenoxy) is 1. The molecule has 1 aromatic heterocycles. The van der Waals surface area contributed by atoms with E-state index >= 15 is 0 Å². The van der Waals surface area contributed by atoms with Gasteiger partial charge >= 0.3 is 0 Å². The fraction of sp³-hybridized carbons (Fsp3) is 0.368. The van der Waals surface area contributed by atoms with Crippen LogP contribution in [0.4, 0.5) is 0 Å². The predicted octanol–water partition coefficient (Wildman–Crippen LogP) is 3.21. The van der Waals surface area contributed by atoms with Crippen LogP contribution in [0.3, 0.4) is 0 Å². The Balaban J connectivity index is 1.63. The van der Waals surface area contributed by atoms with Gasteiger partial charge in [-0.1, -0.05) is 24.3 Å². The number of rotatable bonds is 6. The lowest BCUT2D eigenvalue weighted by atomic mass is 10.0. The van der Waals surface area contributed by atoms with Crippen LogP contribution in [0.1, 0.15) is 25.3 Å². The number of amides is 1. The Kier molecular flexibility index (Phi) is 4.60. The van der Waals surface area contributed by atoms with E-state index in [-0.39, 0.29) is 17.9 Å². The largest absolute Gasteiger partial charge is 0.481 e. The molecule has 1 aromatic carbocycles. The van der Waals surface area contributed by atoms with Crippen molar-refractivity contribution in [1.82, 2.24) is 10.3 Å². The van der Waals surface area contributed by atoms with E-state index < -0.39 is 0 Å². The summed E-state index contributed by atoms with van der Waals surface area (Å²) in [4.78, 5) is 15.9. The van der Waals surface area contributed by atoms with Gasteiger partial charge in [0, 0.05) is 24.2 Å². The van der Waals surface area contributed by atoms with E-state index in [0.717, 1.165) is 30.4 Å². The topological polar surface area (TPSA) is 51.2 Å². The standard InChI is InChI=1S/C19H22N2O2/c1-13(21-19(22)16-7-8-16)11-14-3-5-15(6-4-14)17-9-10-20-18(12-17)23-2/h3-6,9-10,12-13,16H,7-8,11H2,1-2H3,(H,21,22). The molecule has 0 saturated heterocycles. The molecule has 1 atom stereocenters. The minimum Gasteiger partial charge on any atom is -0.481 e. The van der Waals surface area contributed by atoms with Crippen molar-refractivity contribution in [2.45, 2.75) is 32.2 Å². The van der Waals surface area contributed by atoms with Gasteiger partial charge in [-0.15, -0.1) is 0 Å². The molecule has 1 N–H and O–H groups in total. The highest BCUT2D eigenvalue weighted by molar-refractivity contribution is 5.81. The second-order valence-corrected chi connectivity index (χ2v) is 6.17. The maximum Gasteiger partial charge on any atom is 0.223 e. The van der Waals surface area contributed by atoms with Crippen LogP contribution in [0.5, 0.6) is 5.88 Å². The van der Waals surface area contributed by atoms with E-state index in [9.17, 15) is 4.79 Å². The molecule has 1 aliphatic rings. The van der Waals surface area contributed by atoms with Crippen molar-refractivity contribution in [1.29, 1.82) is 0 Å². The summed E-state index contributed by atoms with van der Waals surface area (Å²) in [6.07, 6.45) is 4.68. The predicted molar refractivity (Wildman–Crippen MR) is 90.3 cm³/mol. The Morgan fingerprint density at radius 3 is 2.65 bits per heavy atom. The molecular weight excluding hydrogens is 288 g/mol. The van der Waals surface area contributed by atoms with Crippen molar-refractivity contribution in [2.75, 3.05) is 7.11 Å². The number of hydrogen-bond donors (Lipinski definition) is 1. The Bertz CT molecular complexity index is 678. The van der Waals surface area contributed by atoms with E-state index in [1.54, 1.807) is 13.3 Å². The lowest BCUT2D eigenvalue weighted by Gasteiger charge is -2.14. The quantitative estimate of drug-likeness (QED) is 0.891. The first-order chi connectivity index (χ1) is 11.2. The van der Waals surface area contributed by atoms with Gasteiger partial charge in [0.2, 0.25) is 11.8 Å². The summed E-state index contributed by atoms with van der Waals surface area (Å²) in [6.45, 7) is 2.06. The van der Waals surface area contributed by atoms with Crippen molar-refractivity contribution < 1.29 is 9.53 Å². The SMILES string of the molecule is COc1cc(-c2ccc(CC(C)NC(=O)C3CC3)cc2)ccn1. The smallest absolute Gasteiger partial charge is 0.223 e. The number of aromatic nitrogens is 1. The van der Waals surface area contributed by atoms with Gasteiger partial charge in [-0.3, -0.25) is 4.79 Å². The van der Waals surface area contributed by atoms with Crippen LogP contribution >= 0.6 is 0 Å². The van der Waals surface area contributed by atoms with Gasteiger partial charge in [0.05, 0.1) is 7.11 Å². The van der Waals surface area contributed by atoms with Crippen LogP contribution in [0.2, 0.25) is 0 Å². The molecule has 1 amide bonds. The molecule has 120 valence electrons. The zero-order valence-electron chi connectivity index (χ0n) is 13.6. The van der Waals surface area contributed by atoms with E-state index in [1.807, 2.05) is 12.1 Å².